The molecule has 0 aliphatic carbocycles. The van der Waals surface area contributed by atoms with E-state index >= 15 is 0 Å². The Kier molecular flexibility index (Phi) is 9.71. The highest BCUT2D eigenvalue weighted by Gasteiger charge is 2.23. The van der Waals surface area contributed by atoms with Crippen LogP contribution in [0.15, 0.2) is 72.8 Å². The molecular weight excluding hydrogens is 520 g/mol. The molecule has 210 valence electrons. The first kappa shape index (κ1) is 28.6. The molecule has 1 heterocycles. The summed E-state index contributed by atoms with van der Waals surface area (Å²) in [7, 11) is 0. The van der Waals surface area contributed by atoms with Gasteiger partial charge in [0.2, 0.25) is 0 Å². The molecule has 0 spiro atoms. The van der Waals surface area contributed by atoms with Gasteiger partial charge in [0.05, 0.1) is 17.7 Å². The zero-order valence-corrected chi connectivity index (χ0v) is 22.0. The highest BCUT2D eigenvalue weighted by atomic mass is 16.6. The van der Waals surface area contributed by atoms with Crippen molar-refractivity contribution in [2.24, 2.45) is 0 Å². The average molecular weight is 551 g/mol. The number of hydrogen-bond acceptors (Lipinski definition) is 10. The van der Waals surface area contributed by atoms with Gasteiger partial charge in [-0.05, 0) is 54.1 Å². The highest BCUT2D eigenvalue weighted by molar-refractivity contribution is 6.03. The lowest BCUT2D eigenvalue weighted by atomic mass is 10.1. The van der Waals surface area contributed by atoms with E-state index in [1.807, 2.05) is 30.3 Å². The zero-order chi connectivity index (χ0) is 28.5. The Morgan fingerprint density at radius 1 is 0.875 bits per heavy atom. The quantitative estimate of drug-likeness (QED) is 0.105. The van der Waals surface area contributed by atoms with Gasteiger partial charge in [-0.25, -0.2) is 14.4 Å². The van der Waals surface area contributed by atoms with Crippen molar-refractivity contribution in [1.29, 1.82) is 0 Å². The van der Waals surface area contributed by atoms with Gasteiger partial charge in [-0.3, -0.25) is 0 Å². The lowest BCUT2D eigenvalue weighted by Gasteiger charge is -2.14. The number of fused-ring (bicyclic) bond motifs is 1. The summed E-state index contributed by atoms with van der Waals surface area (Å²) in [6, 6.07) is 17.2. The first-order valence-corrected chi connectivity index (χ1v) is 12.6. The maximum absolute atomic E-state index is 12.6. The van der Waals surface area contributed by atoms with Gasteiger partial charge in [-0.1, -0.05) is 30.8 Å². The van der Waals surface area contributed by atoms with E-state index in [0.29, 0.717) is 12.4 Å². The Hall–Kier alpha value is -4.41. The summed E-state index contributed by atoms with van der Waals surface area (Å²) < 4.78 is 31.7. The molecule has 0 aromatic heterocycles. The molecule has 0 bridgehead atoms. The van der Waals surface area contributed by atoms with Gasteiger partial charge >= 0.3 is 17.9 Å². The van der Waals surface area contributed by atoms with Crippen molar-refractivity contribution in [2.45, 2.75) is 19.1 Å². The number of carbonyl (C=O) groups is 3. The lowest BCUT2D eigenvalue weighted by Crippen LogP contribution is -2.26. The van der Waals surface area contributed by atoms with Crippen LogP contribution in [0.1, 0.15) is 27.6 Å². The summed E-state index contributed by atoms with van der Waals surface area (Å²) >= 11 is 0. The van der Waals surface area contributed by atoms with Crippen LogP contribution in [0.4, 0.5) is 0 Å². The summed E-state index contributed by atoms with van der Waals surface area (Å²) in [5.41, 5.74) is 0.182. The molecule has 3 aromatic carbocycles. The van der Waals surface area contributed by atoms with Crippen LogP contribution in [0.3, 0.4) is 0 Å². The molecule has 0 radical (unpaired) electrons. The first-order chi connectivity index (χ1) is 19.3. The lowest BCUT2D eigenvalue weighted by molar-refractivity contribution is -0.140. The second kappa shape index (κ2) is 13.6. The maximum Gasteiger partial charge on any atom is 0.339 e. The number of hydrogen-bond donors (Lipinski definition) is 1. The third-order valence-corrected chi connectivity index (χ3v) is 5.74. The van der Waals surface area contributed by atoms with Gasteiger partial charge in [0.25, 0.3) is 0 Å². The van der Waals surface area contributed by atoms with E-state index in [-0.39, 0.29) is 49.2 Å². The summed E-state index contributed by atoms with van der Waals surface area (Å²) in [6.07, 6.45) is -0.929. The molecule has 3 aromatic rings. The molecule has 0 amide bonds. The highest BCUT2D eigenvalue weighted by Crippen LogP contribution is 2.26. The van der Waals surface area contributed by atoms with E-state index < -0.39 is 24.0 Å². The number of benzene rings is 3. The number of ether oxygens (including phenoxy) is 6. The van der Waals surface area contributed by atoms with Crippen molar-refractivity contribution in [2.75, 3.05) is 39.6 Å². The molecule has 1 aliphatic heterocycles. The standard InChI is InChI=1S/C30H30O10/c1-19(2)28(32)35-11-12-36-29(33)26-5-3-4-6-27(26)30(34)40-16-22(31)15-37-23-9-7-21-14-24(10-8-20(21)13-23)38-17-25-18-39-25/h3-10,13-14,22,25,31H,1,11-12,15-18H2,2H3. The predicted molar refractivity (Wildman–Crippen MR) is 143 cm³/mol. The van der Waals surface area contributed by atoms with E-state index in [1.54, 1.807) is 18.2 Å². The summed E-state index contributed by atoms with van der Waals surface area (Å²) in [4.78, 5) is 36.5. The van der Waals surface area contributed by atoms with Crippen LogP contribution in [0.25, 0.3) is 10.8 Å². The summed E-state index contributed by atoms with van der Waals surface area (Å²) in [6.45, 7) is 5.41. The number of esters is 3. The Morgan fingerprint density at radius 2 is 1.45 bits per heavy atom. The van der Waals surface area contributed by atoms with E-state index in [1.165, 1.54) is 19.1 Å². The molecular formula is C30H30O10. The van der Waals surface area contributed by atoms with E-state index in [9.17, 15) is 19.5 Å². The van der Waals surface area contributed by atoms with Crippen LogP contribution < -0.4 is 9.47 Å². The SMILES string of the molecule is C=C(C)C(=O)OCCOC(=O)c1ccccc1C(=O)OCC(O)COc1ccc2cc(OCC3CO3)ccc2c1. The Morgan fingerprint density at radius 3 is 2.05 bits per heavy atom. The summed E-state index contributed by atoms with van der Waals surface area (Å²) in [5.74, 6) is -0.887. The second-order valence-electron chi connectivity index (χ2n) is 9.10. The Balaban J connectivity index is 1.23. The van der Waals surface area contributed by atoms with Crippen LogP contribution in [0.5, 0.6) is 11.5 Å². The van der Waals surface area contributed by atoms with Gasteiger partial charge in [-0.15, -0.1) is 0 Å². The molecule has 40 heavy (non-hydrogen) atoms. The normalized spacial score (nSPS) is 14.6. The fourth-order valence-corrected chi connectivity index (χ4v) is 3.53. The monoisotopic (exact) mass is 550 g/mol. The number of epoxide rings is 1. The van der Waals surface area contributed by atoms with Crippen molar-refractivity contribution < 1.29 is 47.9 Å². The van der Waals surface area contributed by atoms with Crippen LogP contribution in [0, 0.1) is 0 Å². The van der Waals surface area contributed by atoms with Gasteiger partial charge < -0.3 is 33.5 Å². The first-order valence-electron chi connectivity index (χ1n) is 12.6. The second-order valence-corrected chi connectivity index (χ2v) is 9.10. The van der Waals surface area contributed by atoms with Crippen LogP contribution in [0.2, 0.25) is 0 Å². The third-order valence-electron chi connectivity index (χ3n) is 5.74. The van der Waals surface area contributed by atoms with Gasteiger partial charge in [0.15, 0.2) is 0 Å². The topological polar surface area (TPSA) is 130 Å². The Labute approximate surface area is 231 Å². The Bertz CT molecular complexity index is 1380. The molecule has 2 atom stereocenters. The number of rotatable bonds is 14. The van der Waals surface area contributed by atoms with E-state index in [4.69, 9.17) is 28.4 Å². The largest absolute Gasteiger partial charge is 0.491 e. The molecule has 1 N–H and O–H groups in total. The smallest absolute Gasteiger partial charge is 0.339 e. The number of aliphatic hydroxyl groups is 1. The fraction of sp³-hybridized carbons (Fsp3) is 0.300. The molecule has 4 rings (SSSR count). The average Bonchev–Trinajstić information content (AvgIpc) is 3.80. The number of carbonyl (C=O) groups excluding carboxylic acids is 3. The molecule has 1 fully saturated rings. The van der Waals surface area contributed by atoms with Crippen molar-refractivity contribution >= 4 is 28.7 Å². The zero-order valence-electron chi connectivity index (χ0n) is 22.0. The molecule has 10 heteroatoms. The van der Waals surface area contributed by atoms with Gasteiger partial charge in [0.1, 0.15) is 56.7 Å². The minimum Gasteiger partial charge on any atom is -0.491 e. The number of aliphatic hydroxyl groups excluding tert-OH is 1. The molecule has 2 unspecified atom stereocenters. The van der Waals surface area contributed by atoms with Gasteiger partial charge in [0, 0.05) is 5.57 Å². The van der Waals surface area contributed by atoms with E-state index in [2.05, 4.69) is 6.58 Å². The third kappa shape index (κ3) is 8.29. The summed E-state index contributed by atoms with van der Waals surface area (Å²) in [5, 5.41) is 12.2. The molecule has 1 saturated heterocycles. The van der Waals surface area contributed by atoms with Crippen molar-refractivity contribution in [1.82, 2.24) is 0 Å². The van der Waals surface area contributed by atoms with Crippen LogP contribution in [-0.4, -0.2) is 74.9 Å². The van der Waals surface area contributed by atoms with Gasteiger partial charge in [-0.2, -0.15) is 0 Å². The van der Waals surface area contributed by atoms with E-state index in [0.717, 1.165) is 23.1 Å². The van der Waals surface area contributed by atoms with Crippen LogP contribution in [-0.2, 0) is 23.7 Å². The molecule has 1 aliphatic rings. The van der Waals surface area contributed by atoms with Crippen molar-refractivity contribution in [3.8, 4) is 11.5 Å². The molecule has 0 saturated carbocycles. The maximum atomic E-state index is 12.6. The minimum atomic E-state index is -1.11. The fourth-order valence-electron chi connectivity index (χ4n) is 3.53. The minimum absolute atomic E-state index is 0.0185. The molecule has 10 nitrogen and oxygen atoms in total. The van der Waals surface area contributed by atoms with Crippen molar-refractivity contribution in [3.05, 3.63) is 83.9 Å². The van der Waals surface area contributed by atoms with Crippen molar-refractivity contribution in [3.63, 3.8) is 0 Å². The predicted octanol–water partition coefficient (Wildman–Crippen LogP) is 3.49. The van der Waals surface area contributed by atoms with Crippen LogP contribution >= 0.6 is 0 Å².